The summed E-state index contributed by atoms with van der Waals surface area (Å²) in [5, 5.41) is 23.1. The first-order chi connectivity index (χ1) is 34.0. The van der Waals surface area contributed by atoms with Crippen LogP contribution in [-0.2, 0) is 14.3 Å². The Labute approximate surface area is 430 Å². The highest BCUT2D eigenvalue weighted by Gasteiger charge is 2.18. The fourth-order valence-electron chi connectivity index (χ4n) is 9.43. The third kappa shape index (κ3) is 55.2. The summed E-state index contributed by atoms with van der Waals surface area (Å²) < 4.78 is 5.48. The number of carbonyl (C=O) groups is 2. The average molecular weight is 971 g/mol. The van der Waals surface area contributed by atoms with Crippen molar-refractivity contribution in [3.05, 3.63) is 36.5 Å². The summed E-state index contributed by atoms with van der Waals surface area (Å²) in [6, 6.07) is -0.627. The summed E-state index contributed by atoms with van der Waals surface area (Å²) in [4.78, 5) is 24.5. The first kappa shape index (κ1) is 67.1. The monoisotopic (exact) mass is 970 g/mol. The Balaban J connectivity index is 3.39. The van der Waals surface area contributed by atoms with E-state index in [9.17, 15) is 19.8 Å². The second-order valence-electron chi connectivity index (χ2n) is 21.0. The number of rotatable bonds is 57. The van der Waals surface area contributed by atoms with E-state index in [-0.39, 0.29) is 18.5 Å². The fourth-order valence-corrected chi connectivity index (χ4v) is 9.43. The van der Waals surface area contributed by atoms with E-state index >= 15 is 0 Å². The number of amides is 1. The van der Waals surface area contributed by atoms with Gasteiger partial charge in [0.05, 0.1) is 25.4 Å². The lowest BCUT2D eigenvalue weighted by molar-refractivity contribution is -0.143. The first-order valence-electron chi connectivity index (χ1n) is 30.8. The van der Waals surface area contributed by atoms with Crippen LogP contribution in [0.15, 0.2) is 36.5 Å². The van der Waals surface area contributed by atoms with Crippen LogP contribution in [0.2, 0.25) is 0 Å². The normalized spacial score (nSPS) is 12.8. The summed E-state index contributed by atoms with van der Waals surface area (Å²) in [6.45, 7) is 4.88. The Kier molecular flexibility index (Phi) is 57.0. The quantitative estimate of drug-likeness (QED) is 0.0321. The third-order valence-electron chi connectivity index (χ3n) is 14.2. The van der Waals surface area contributed by atoms with Gasteiger partial charge in [-0.2, -0.15) is 0 Å². The van der Waals surface area contributed by atoms with Crippen molar-refractivity contribution < 1.29 is 24.5 Å². The van der Waals surface area contributed by atoms with Crippen LogP contribution in [0.3, 0.4) is 0 Å². The predicted molar refractivity (Wildman–Crippen MR) is 301 cm³/mol. The van der Waals surface area contributed by atoms with Crippen LogP contribution in [-0.4, -0.2) is 47.4 Å². The van der Waals surface area contributed by atoms with Crippen LogP contribution >= 0.6 is 0 Å². The highest BCUT2D eigenvalue weighted by Crippen LogP contribution is 2.17. The largest absolute Gasteiger partial charge is 0.466 e. The number of carbonyl (C=O) groups excluding carboxylic acids is 2. The molecule has 0 rings (SSSR count). The van der Waals surface area contributed by atoms with Crippen molar-refractivity contribution in [1.82, 2.24) is 5.32 Å². The van der Waals surface area contributed by atoms with E-state index < -0.39 is 12.1 Å². The van der Waals surface area contributed by atoms with Crippen LogP contribution in [0.1, 0.15) is 328 Å². The van der Waals surface area contributed by atoms with Crippen molar-refractivity contribution in [1.29, 1.82) is 0 Å². The minimum Gasteiger partial charge on any atom is -0.466 e. The Morgan fingerprint density at radius 2 is 0.725 bits per heavy atom. The molecule has 0 aliphatic rings. The van der Waals surface area contributed by atoms with Crippen LogP contribution < -0.4 is 5.32 Å². The van der Waals surface area contributed by atoms with Gasteiger partial charge in [-0.15, -0.1) is 0 Å². The molecule has 0 aromatic carbocycles. The molecular formula is C63H119NO5. The molecule has 0 aliphatic heterocycles. The average Bonchev–Trinajstić information content (AvgIpc) is 3.35. The maximum Gasteiger partial charge on any atom is 0.305 e. The van der Waals surface area contributed by atoms with E-state index in [1.54, 1.807) is 6.08 Å². The second kappa shape index (κ2) is 58.6. The van der Waals surface area contributed by atoms with E-state index in [1.165, 1.54) is 250 Å². The Morgan fingerprint density at radius 3 is 1.13 bits per heavy atom. The van der Waals surface area contributed by atoms with Crippen molar-refractivity contribution in [2.24, 2.45) is 0 Å². The van der Waals surface area contributed by atoms with Gasteiger partial charge in [0.1, 0.15) is 0 Å². The van der Waals surface area contributed by atoms with Gasteiger partial charge in [0.15, 0.2) is 0 Å². The van der Waals surface area contributed by atoms with Gasteiger partial charge in [-0.05, 0) is 64.2 Å². The van der Waals surface area contributed by atoms with E-state index in [0.717, 1.165) is 51.4 Å². The summed E-state index contributed by atoms with van der Waals surface area (Å²) in [6.07, 6.45) is 73.2. The van der Waals surface area contributed by atoms with E-state index in [1.807, 2.05) is 6.08 Å². The first-order valence-corrected chi connectivity index (χ1v) is 30.8. The molecule has 0 saturated heterocycles. The summed E-state index contributed by atoms with van der Waals surface area (Å²) in [5.74, 6) is -0.0671. The van der Waals surface area contributed by atoms with Crippen LogP contribution in [0.25, 0.3) is 0 Å². The molecule has 406 valence electrons. The number of aliphatic hydroxyl groups is 2. The highest BCUT2D eigenvalue weighted by atomic mass is 16.5. The van der Waals surface area contributed by atoms with Gasteiger partial charge in [-0.25, -0.2) is 0 Å². The zero-order valence-corrected chi connectivity index (χ0v) is 46.3. The molecule has 0 aromatic rings. The molecule has 0 bridgehead atoms. The Hall–Kier alpha value is -1.92. The maximum absolute atomic E-state index is 12.5. The minimum absolute atomic E-state index is 0.000200. The third-order valence-corrected chi connectivity index (χ3v) is 14.2. The molecule has 0 spiro atoms. The number of aliphatic hydroxyl groups excluding tert-OH is 2. The second-order valence-corrected chi connectivity index (χ2v) is 21.0. The molecular weight excluding hydrogens is 851 g/mol. The molecule has 0 saturated carbocycles. The summed E-state index contributed by atoms with van der Waals surface area (Å²) in [5.41, 5.74) is 0. The van der Waals surface area contributed by atoms with Gasteiger partial charge in [0, 0.05) is 12.8 Å². The molecule has 0 heterocycles. The van der Waals surface area contributed by atoms with Gasteiger partial charge in [0.25, 0.3) is 0 Å². The van der Waals surface area contributed by atoms with E-state index in [0.29, 0.717) is 19.4 Å². The number of allylic oxidation sites excluding steroid dienone is 5. The summed E-state index contributed by atoms with van der Waals surface area (Å²) >= 11 is 0. The molecule has 0 aliphatic carbocycles. The van der Waals surface area contributed by atoms with Gasteiger partial charge in [0.2, 0.25) is 5.91 Å². The van der Waals surface area contributed by atoms with Crippen molar-refractivity contribution >= 4 is 11.9 Å². The van der Waals surface area contributed by atoms with Gasteiger partial charge < -0.3 is 20.3 Å². The molecule has 2 atom stereocenters. The molecule has 2 unspecified atom stereocenters. The van der Waals surface area contributed by atoms with E-state index in [2.05, 4.69) is 43.5 Å². The molecule has 0 radical (unpaired) electrons. The van der Waals surface area contributed by atoms with Gasteiger partial charge in [-0.1, -0.05) is 288 Å². The van der Waals surface area contributed by atoms with Crippen LogP contribution in [0.5, 0.6) is 0 Å². The number of hydrogen-bond donors (Lipinski definition) is 3. The predicted octanol–water partition coefficient (Wildman–Crippen LogP) is 19.2. The zero-order chi connectivity index (χ0) is 50.0. The number of hydrogen-bond acceptors (Lipinski definition) is 5. The number of esters is 1. The molecule has 3 N–H and O–H groups in total. The zero-order valence-electron chi connectivity index (χ0n) is 46.3. The topological polar surface area (TPSA) is 95.9 Å². The van der Waals surface area contributed by atoms with Crippen LogP contribution in [0.4, 0.5) is 0 Å². The molecule has 0 fully saturated rings. The lowest BCUT2D eigenvalue weighted by atomic mass is 10.0. The fraction of sp³-hybridized carbons (Fsp3) is 0.873. The number of unbranched alkanes of at least 4 members (excludes halogenated alkanes) is 42. The van der Waals surface area contributed by atoms with Crippen molar-refractivity contribution in [3.8, 4) is 0 Å². The van der Waals surface area contributed by atoms with Crippen molar-refractivity contribution in [2.45, 2.75) is 341 Å². The van der Waals surface area contributed by atoms with Gasteiger partial charge >= 0.3 is 5.97 Å². The highest BCUT2D eigenvalue weighted by molar-refractivity contribution is 5.76. The SMILES string of the molecule is CCCCC/C=C\C/C=C\CCCCCCCC(=O)OCCCCCCCCCCCCCCCCCCCCCCCCCC(=O)NC(CO)C(O)/C=C/CCCCCCCCCCCCCC. The van der Waals surface area contributed by atoms with Crippen molar-refractivity contribution in [2.75, 3.05) is 13.2 Å². The molecule has 0 aromatic heterocycles. The Bertz CT molecular complexity index is 1120. The number of ether oxygens (including phenoxy) is 1. The van der Waals surface area contributed by atoms with Crippen molar-refractivity contribution in [3.63, 3.8) is 0 Å². The smallest absolute Gasteiger partial charge is 0.305 e. The maximum atomic E-state index is 12.5. The van der Waals surface area contributed by atoms with E-state index in [4.69, 9.17) is 4.74 Å². The lowest BCUT2D eigenvalue weighted by Crippen LogP contribution is -2.45. The molecule has 6 nitrogen and oxygen atoms in total. The van der Waals surface area contributed by atoms with Crippen LogP contribution in [0, 0.1) is 0 Å². The minimum atomic E-state index is -0.844. The van der Waals surface area contributed by atoms with Gasteiger partial charge in [-0.3, -0.25) is 9.59 Å². The Morgan fingerprint density at radius 1 is 0.406 bits per heavy atom. The molecule has 69 heavy (non-hydrogen) atoms. The summed E-state index contributed by atoms with van der Waals surface area (Å²) in [7, 11) is 0. The molecule has 6 heteroatoms. The standard InChI is InChI=1S/C63H119NO5/c1-3-5-7-9-11-13-15-17-28-33-37-41-45-49-53-57-63(68)69-58-54-50-46-42-38-34-30-27-25-23-21-19-20-22-24-26-29-32-36-40-44-48-52-56-62(67)64-60(59-65)61(66)55-51-47-43-39-35-31-18-16-14-12-10-8-6-4-2/h11,13,17,28,51,55,60-61,65-66H,3-10,12,14-16,18-27,29-50,52-54,56-59H2,1-2H3,(H,64,67)/b13-11-,28-17-,55-51+. The lowest BCUT2D eigenvalue weighted by Gasteiger charge is -2.20. The number of nitrogens with one attached hydrogen (secondary N) is 1. The molecule has 1 amide bonds.